The fourth-order valence-electron chi connectivity index (χ4n) is 1.69. The lowest BCUT2D eigenvalue weighted by Crippen LogP contribution is -2.25. The molecule has 0 N–H and O–H groups in total. The standard InChI is InChI=1S/C13H15BrF2O2/c1-3-4-12(18-2)11(17)7-8-10(15)6-5-9(14)13(8)16/h5-6,12H,3-4,7H2,1-2H3. The summed E-state index contributed by atoms with van der Waals surface area (Å²) in [5.41, 5.74) is -0.215. The van der Waals surface area contributed by atoms with Crippen molar-refractivity contribution in [1.82, 2.24) is 0 Å². The molecule has 1 aromatic rings. The van der Waals surface area contributed by atoms with Gasteiger partial charge in [0.2, 0.25) is 0 Å². The van der Waals surface area contributed by atoms with Gasteiger partial charge in [0.1, 0.15) is 17.7 Å². The van der Waals surface area contributed by atoms with E-state index < -0.39 is 17.7 Å². The second-order valence-electron chi connectivity index (χ2n) is 3.98. The Bertz CT molecular complexity index is 435. The summed E-state index contributed by atoms with van der Waals surface area (Å²) in [6.07, 6.45) is 0.420. The molecule has 18 heavy (non-hydrogen) atoms. The summed E-state index contributed by atoms with van der Waals surface area (Å²) in [7, 11) is 1.42. The van der Waals surface area contributed by atoms with Crippen molar-refractivity contribution in [2.75, 3.05) is 7.11 Å². The van der Waals surface area contributed by atoms with Crippen LogP contribution in [0.5, 0.6) is 0 Å². The molecule has 2 nitrogen and oxygen atoms in total. The van der Waals surface area contributed by atoms with Crippen LogP contribution in [0.25, 0.3) is 0 Å². The van der Waals surface area contributed by atoms with E-state index in [1.807, 2.05) is 6.92 Å². The van der Waals surface area contributed by atoms with Gasteiger partial charge in [0.15, 0.2) is 5.78 Å². The minimum atomic E-state index is -0.727. The van der Waals surface area contributed by atoms with Gasteiger partial charge in [0.05, 0.1) is 4.47 Å². The first-order valence-electron chi connectivity index (χ1n) is 5.69. The average Bonchev–Trinajstić information content (AvgIpc) is 2.36. The van der Waals surface area contributed by atoms with Crippen molar-refractivity contribution in [3.05, 3.63) is 33.8 Å². The van der Waals surface area contributed by atoms with Crippen LogP contribution in [0, 0.1) is 11.6 Å². The number of rotatable bonds is 6. The Balaban J connectivity index is 2.90. The molecule has 0 aliphatic heterocycles. The second kappa shape index (κ2) is 6.95. The molecule has 0 spiro atoms. The summed E-state index contributed by atoms with van der Waals surface area (Å²) in [5, 5.41) is 0. The number of hydrogen-bond donors (Lipinski definition) is 0. The molecular weight excluding hydrogens is 306 g/mol. The van der Waals surface area contributed by atoms with Crippen LogP contribution in [0.2, 0.25) is 0 Å². The highest BCUT2D eigenvalue weighted by molar-refractivity contribution is 9.10. The molecule has 1 rings (SSSR count). The van der Waals surface area contributed by atoms with E-state index in [1.54, 1.807) is 0 Å². The number of benzene rings is 1. The Morgan fingerprint density at radius 3 is 2.67 bits per heavy atom. The number of carbonyl (C=O) groups excluding carboxylic acids is 1. The van der Waals surface area contributed by atoms with Crippen molar-refractivity contribution in [2.45, 2.75) is 32.3 Å². The first kappa shape index (κ1) is 15.2. The molecule has 0 amide bonds. The normalized spacial score (nSPS) is 12.5. The lowest BCUT2D eigenvalue weighted by atomic mass is 10.0. The second-order valence-corrected chi connectivity index (χ2v) is 4.83. The summed E-state index contributed by atoms with van der Waals surface area (Å²) in [4.78, 5) is 11.9. The zero-order valence-electron chi connectivity index (χ0n) is 10.3. The maximum atomic E-state index is 13.7. The Morgan fingerprint density at radius 1 is 1.44 bits per heavy atom. The molecule has 5 heteroatoms. The van der Waals surface area contributed by atoms with E-state index in [2.05, 4.69) is 15.9 Å². The van der Waals surface area contributed by atoms with Gasteiger partial charge < -0.3 is 4.74 Å². The monoisotopic (exact) mass is 320 g/mol. The fourth-order valence-corrected chi connectivity index (χ4v) is 2.06. The van der Waals surface area contributed by atoms with Crippen molar-refractivity contribution in [3.63, 3.8) is 0 Å². The highest BCUT2D eigenvalue weighted by Gasteiger charge is 2.21. The fraction of sp³-hybridized carbons (Fsp3) is 0.462. The van der Waals surface area contributed by atoms with E-state index in [9.17, 15) is 13.6 Å². The topological polar surface area (TPSA) is 26.3 Å². The Labute approximate surface area is 113 Å². The van der Waals surface area contributed by atoms with Crippen molar-refractivity contribution >= 4 is 21.7 Å². The van der Waals surface area contributed by atoms with Crippen molar-refractivity contribution < 1.29 is 18.3 Å². The van der Waals surface area contributed by atoms with E-state index in [1.165, 1.54) is 13.2 Å². The van der Waals surface area contributed by atoms with Gasteiger partial charge >= 0.3 is 0 Å². The van der Waals surface area contributed by atoms with Crippen LogP contribution < -0.4 is 0 Å². The lowest BCUT2D eigenvalue weighted by Gasteiger charge is -2.14. The summed E-state index contributed by atoms with van der Waals surface area (Å²) in [6.45, 7) is 1.92. The molecule has 0 saturated carbocycles. The summed E-state index contributed by atoms with van der Waals surface area (Å²) >= 11 is 2.97. The zero-order chi connectivity index (χ0) is 13.7. The number of halogens is 3. The number of Topliss-reactive ketones (excluding diaryl/α,β-unsaturated/α-hetero) is 1. The van der Waals surface area contributed by atoms with E-state index in [4.69, 9.17) is 4.74 Å². The SMILES string of the molecule is CCCC(OC)C(=O)Cc1c(F)ccc(Br)c1F. The largest absolute Gasteiger partial charge is 0.374 e. The molecule has 1 aromatic carbocycles. The van der Waals surface area contributed by atoms with Gasteiger partial charge in [0, 0.05) is 19.1 Å². The molecule has 0 aromatic heterocycles. The van der Waals surface area contributed by atoms with Gasteiger partial charge in [-0.05, 0) is 34.5 Å². The van der Waals surface area contributed by atoms with Gasteiger partial charge in [-0.15, -0.1) is 0 Å². The van der Waals surface area contributed by atoms with Crippen LogP contribution >= 0.6 is 15.9 Å². The van der Waals surface area contributed by atoms with Crippen molar-refractivity contribution in [1.29, 1.82) is 0 Å². The van der Waals surface area contributed by atoms with Crippen LogP contribution in [0.4, 0.5) is 8.78 Å². The van der Waals surface area contributed by atoms with Crippen molar-refractivity contribution in [2.24, 2.45) is 0 Å². The van der Waals surface area contributed by atoms with Gasteiger partial charge in [0.25, 0.3) is 0 Å². The van der Waals surface area contributed by atoms with Crippen LogP contribution in [0.3, 0.4) is 0 Å². The third kappa shape index (κ3) is 3.59. The van der Waals surface area contributed by atoms with E-state index >= 15 is 0 Å². The summed E-state index contributed by atoms with van der Waals surface area (Å²) < 4.78 is 32.4. The molecular formula is C13H15BrF2O2. The molecule has 0 fully saturated rings. The van der Waals surface area contributed by atoms with E-state index in [0.29, 0.717) is 6.42 Å². The van der Waals surface area contributed by atoms with Crippen LogP contribution in [0.1, 0.15) is 25.3 Å². The maximum Gasteiger partial charge on any atom is 0.166 e. The highest BCUT2D eigenvalue weighted by Crippen LogP contribution is 2.23. The van der Waals surface area contributed by atoms with Gasteiger partial charge in [-0.25, -0.2) is 8.78 Å². The van der Waals surface area contributed by atoms with Gasteiger partial charge in [-0.2, -0.15) is 0 Å². The minimum absolute atomic E-state index is 0.149. The molecule has 0 aliphatic carbocycles. The highest BCUT2D eigenvalue weighted by atomic mass is 79.9. The summed E-state index contributed by atoms with van der Waals surface area (Å²) in [5.74, 6) is -1.75. The molecule has 0 radical (unpaired) electrons. The van der Waals surface area contributed by atoms with Crippen molar-refractivity contribution in [3.8, 4) is 0 Å². The predicted molar refractivity (Wildman–Crippen MR) is 68.5 cm³/mol. The Morgan fingerprint density at radius 2 is 2.11 bits per heavy atom. The third-order valence-electron chi connectivity index (χ3n) is 2.68. The number of ether oxygens (including phenoxy) is 1. The Hall–Kier alpha value is -0.810. The van der Waals surface area contributed by atoms with E-state index in [0.717, 1.165) is 12.5 Å². The van der Waals surface area contributed by atoms with Crippen LogP contribution in [0.15, 0.2) is 16.6 Å². The maximum absolute atomic E-state index is 13.7. The summed E-state index contributed by atoms with van der Waals surface area (Å²) in [6, 6.07) is 2.41. The first-order valence-corrected chi connectivity index (χ1v) is 6.48. The first-order chi connectivity index (χ1) is 8.51. The van der Waals surface area contributed by atoms with Gasteiger partial charge in [-0.3, -0.25) is 4.79 Å². The molecule has 0 bridgehead atoms. The predicted octanol–water partition coefficient (Wildman–Crippen LogP) is 3.65. The molecule has 100 valence electrons. The molecule has 0 saturated heterocycles. The number of carbonyl (C=O) groups is 1. The number of ketones is 1. The average molecular weight is 321 g/mol. The Kier molecular flexibility index (Phi) is 5.88. The number of hydrogen-bond acceptors (Lipinski definition) is 2. The third-order valence-corrected chi connectivity index (χ3v) is 3.30. The minimum Gasteiger partial charge on any atom is -0.374 e. The van der Waals surface area contributed by atoms with E-state index in [-0.39, 0.29) is 22.2 Å². The number of methoxy groups -OCH3 is 1. The molecule has 0 aliphatic rings. The quantitative estimate of drug-likeness (QED) is 0.748. The van der Waals surface area contributed by atoms with Crippen LogP contribution in [-0.2, 0) is 16.0 Å². The van der Waals surface area contributed by atoms with Gasteiger partial charge in [-0.1, -0.05) is 13.3 Å². The smallest absolute Gasteiger partial charge is 0.166 e. The zero-order valence-corrected chi connectivity index (χ0v) is 11.9. The molecule has 1 atom stereocenters. The lowest BCUT2D eigenvalue weighted by molar-refractivity contribution is -0.128. The van der Waals surface area contributed by atoms with Crippen LogP contribution in [-0.4, -0.2) is 19.0 Å². The molecule has 1 unspecified atom stereocenters. The molecule has 0 heterocycles.